The van der Waals surface area contributed by atoms with Crippen LogP contribution < -0.4 is 24.8 Å². The van der Waals surface area contributed by atoms with Gasteiger partial charge in [0.2, 0.25) is 0 Å². The number of hydrogen-bond donors (Lipinski definition) is 2. The standard InChI is InChI=1S/C11H16S.2ClH.2H2O.Ti/c1-3-6-10(7-4-2)11-8-5-9-12-11;;;;;/h3-5,8-10H,6-7H2,1-2H3;2*1H;2*1H2;/q;;;;;+4/p-4. The Morgan fingerprint density at radius 3 is 2.12 bits per heavy atom. The second-order valence-corrected chi connectivity index (χ2v) is 11.3. The van der Waals surface area contributed by atoms with Crippen molar-refractivity contribution in [1.82, 2.24) is 0 Å². The predicted molar refractivity (Wildman–Crippen MR) is 59.6 cm³/mol. The first-order chi connectivity index (χ1) is 7.01. The van der Waals surface area contributed by atoms with Crippen molar-refractivity contribution >= 4 is 11.3 Å². The Hall–Kier alpha value is 0.914. The molecule has 0 saturated carbocycles. The summed E-state index contributed by atoms with van der Waals surface area (Å²) in [5.41, 5.74) is 0. The molecule has 1 aromatic rings. The molecule has 0 spiro atoms. The van der Waals surface area contributed by atoms with Gasteiger partial charge in [-0.25, -0.2) is 0 Å². The Balaban J connectivity index is 0.00000128. The fourth-order valence-electron chi connectivity index (χ4n) is 2.54. The smallest absolute Gasteiger partial charge is 1.00 e. The van der Waals surface area contributed by atoms with Crippen molar-refractivity contribution in [3.05, 3.63) is 22.4 Å². The van der Waals surface area contributed by atoms with E-state index in [1.807, 2.05) is 13.8 Å². The molecule has 98 valence electrons. The van der Waals surface area contributed by atoms with E-state index < -0.39 is 17.4 Å². The van der Waals surface area contributed by atoms with Crippen LogP contribution in [0, 0.1) is 0 Å². The topological polar surface area (TPSA) is 40.5 Å². The fraction of sp³-hybridized carbons (Fsp3) is 0.636. The van der Waals surface area contributed by atoms with Crippen LogP contribution in [0.1, 0.15) is 37.5 Å². The Kier molecular flexibility index (Phi) is 7.27. The van der Waals surface area contributed by atoms with E-state index >= 15 is 0 Å². The summed E-state index contributed by atoms with van der Waals surface area (Å²) in [5, 5.41) is 2.10. The van der Waals surface area contributed by atoms with Gasteiger partial charge in [0.05, 0.1) is 0 Å². The molecule has 1 saturated heterocycles. The molecule has 2 atom stereocenters. The summed E-state index contributed by atoms with van der Waals surface area (Å²) in [4.78, 5) is 1.41. The van der Waals surface area contributed by atoms with Crippen LogP contribution in [0.5, 0.6) is 0 Å². The number of halogens is 2. The van der Waals surface area contributed by atoms with Gasteiger partial charge in [0.25, 0.3) is 0 Å². The summed E-state index contributed by atoms with van der Waals surface area (Å²) in [6.45, 7) is 4.02. The van der Waals surface area contributed by atoms with Crippen LogP contribution in [0.4, 0.5) is 0 Å². The van der Waals surface area contributed by atoms with E-state index in [2.05, 4.69) is 17.5 Å². The molecule has 1 aliphatic rings. The van der Waals surface area contributed by atoms with Gasteiger partial charge in [0, 0.05) is 0 Å². The molecule has 0 radical (unpaired) electrons. The van der Waals surface area contributed by atoms with Crippen molar-refractivity contribution < 1.29 is 49.6 Å². The minimum absolute atomic E-state index is 0. The van der Waals surface area contributed by atoms with E-state index in [1.165, 1.54) is 4.88 Å². The molecule has 2 rings (SSSR count). The van der Waals surface area contributed by atoms with E-state index in [0.29, 0.717) is 5.92 Å². The molecule has 17 heavy (non-hydrogen) atoms. The summed E-state index contributed by atoms with van der Waals surface area (Å²) in [6, 6.07) is 4.25. The van der Waals surface area contributed by atoms with Crippen LogP contribution in [0.2, 0.25) is 8.45 Å². The molecule has 2 N–H and O–H groups in total. The fourth-order valence-corrected chi connectivity index (χ4v) is 6.88. The molecule has 1 aromatic heterocycles. The molecule has 0 aliphatic carbocycles. The second kappa shape index (κ2) is 6.90. The van der Waals surface area contributed by atoms with Crippen LogP contribution in [-0.2, 0) is 17.4 Å². The Morgan fingerprint density at radius 1 is 1.18 bits per heavy atom. The molecule has 2 nitrogen and oxygen atoms in total. The van der Waals surface area contributed by atoms with Crippen molar-refractivity contribution in [3.8, 4) is 0 Å². The SMILES string of the molecule is C[CH]1CC(c2cccs2)C[CH](C)[Ti+2]1([OH])[OH].[Cl-].[Cl-]. The third-order valence-corrected chi connectivity index (χ3v) is 9.97. The predicted octanol–water partition coefficient (Wildman–Crippen LogP) is -2.78. The van der Waals surface area contributed by atoms with Crippen LogP contribution in [0.3, 0.4) is 0 Å². The van der Waals surface area contributed by atoms with Crippen molar-refractivity contribution in [1.29, 1.82) is 0 Å². The van der Waals surface area contributed by atoms with Gasteiger partial charge >= 0.3 is 99.5 Å². The molecule has 0 amide bonds. The average Bonchev–Trinajstić information content (AvgIpc) is 2.67. The molecular weight excluding hydrogens is 315 g/mol. The minimum atomic E-state index is -3.46. The van der Waals surface area contributed by atoms with Gasteiger partial charge in [-0.3, -0.25) is 0 Å². The van der Waals surface area contributed by atoms with Crippen LogP contribution in [-0.4, -0.2) is 7.38 Å². The van der Waals surface area contributed by atoms with Crippen molar-refractivity contribution in [2.24, 2.45) is 0 Å². The zero-order chi connectivity index (χ0) is 11.1. The number of thiophene rings is 1. The molecule has 6 heteroatoms. The van der Waals surface area contributed by atoms with Gasteiger partial charge < -0.3 is 24.8 Å². The molecule has 2 unspecified atom stereocenters. The van der Waals surface area contributed by atoms with Gasteiger partial charge in [0.15, 0.2) is 0 Å². The van der Waals surface area contributed by atoms with Crippen molar-refractivity contribution in [2.45, 2.75) is 41.1 Å². The van der Waals surface area contributed by atoms with E-state index in [0.717, 1.165) is 12.8 Å². The first kappa shape index (κ1) is 17.9. The summed E-state index contributed by atoms with van der Waals surface area (Å²) in [6.07, 6.45) is 1.91. The van der Waals surface area contributed by atoms with E-state index in [1.54, 1.807) is 11.3 Å². The van der Waals surface area contributed by atoms with Crippen LogP contribution >= 0.6 is 11.3 Å². The molecule has 1 aliphatic heterocycles. The molecule has 0 bridgehead atoms. The molecule has 1 fully saturated rings. The van der Waals surface area contributed by atoms with Gasteiger partial charge in [0.1, 0.15) is 0 Å². The Morgan fingerprint density at radius 2 is 1.71 bits per heavy atom. The molecular formula is C11H18Cl2O2STi. The molecule has 0 aromatic carbocycles. The number of rotatable bonds is 1. The average molecular weight is 333 g/mol. The first-order valence-corrected chi connectivity index (χ1v) is 9.58. The van der Waals surface area contributed by atoms with Crippen molar-refractivity contribution in [3.63, 3.8) is 0 Å². The van der Waals surface area contributed by atoms with E-state index in [9.17, 15) is 7.38 Å². The van der Waals surface area contributed by atoms with Crippen LogP contribution in [0.15, 0.2) is 17.5 Å². The maximum atomic E-state index is 10.1. The van der Waals surface area contributed by atoms with Gasteiger partial charge in [-0.05, 0) is 0 Å². The summed E-state index contributed by atoms with van der Waals surface area (Å²) >= 11 is -1.67. The quantitative estimate of drug-likeness (QED) is 0.546. The zero-order valence-electron chi connectivity index (χ0n) is 9.94. The maximum Gasteiger partial charge on any atom is -1.00 e. The largest absolute Gasteiger partial charge is 1.00 e. The Bertz CT molecular complexity index is 318. The van der Waals surface area contributed by atoms with E-state index in [-0.39, 0.29) is 33.3 Å². The van der Waals surface area contributed by atoms with Gasteiger partial charge in [-0.1, -0.05) is 0 Å². The minimum Gasteiger partial charge on any atom is -1.00 e. The van der Waals surface area contributed by atoms with Gasteiger partial charge in [-0.15, -0.1) is 0 Å². The third kappa shape index (κ3) is 3.69. The number of hydrogen-bond acceptors (Lipinski definition) is 3. The summed E-state index contributed by atoms with van der Waals surface area (Å²) < 4.78 is 20.4. The summed E-state index contributed by atoms with van der Waals surface area (Å²) in [7, 11) is 0. The van der Waals surface area contributed by atoms with Gasteiger partial charge in [-0.2, -0.15) is 0 Å². The Labute approximate surface area is 124 Å². The monoisotopic (exact) mass is 332 g/mol. The maximum absolute atomic E-state index is 10.1. The van der Waals surface area contributed by atoms with Crippen molar-refractivity contribution in [2.75, 3.05) is 0 Å². The molecule has 2 heterocycles. The normalized spacial score (nSPS) is 29.3. The second-order valence-electron chi connectivity index (χ2n) is 4.77. The zero-order valence-corrected chi connectivity index (χ0v) is 13.8. The van der Waals surface area contributed by atoms with Crippen LogP contribution in [0.25, 0.3) is 0 Å². The van der Waals surface area contributed by atoms with E-state index in [4.69, 9.17) is 0 Å². The first-order valence-electron chi connectivity index (χ1n) is 5.50. The third-order valence-electron chi connectivity index (χ3n) is 3.67. The summed E-state index contributed by atoms with van der Waals surface area (Å²) in [5.74, 6) is 0.549.